The Labute approximate surface area is 151 Å². The van der Waals surface area contributed by atoms with Crippen LogP contribution < -0.4 is 5.32 Å². The van der Waals surface area contributed by atoms with Crippen molar-refractivity contribution >= 4 is 23.6 Å². The maximum absolute atomic E-state index is 12.7. The van der Waals surface area contributed by atoms with Gasteiger partial charge in [-0.3, -0.25) is 9.79 Å². The Morgan fingerprint density at radius 1 is 1.38 bits per heavy atom. The van der Waals surface area contributed by atoms with Crippen LogP contribution in [0.5, 0.6) is 0 Å². The molecule has 6 heteroatoms. The molecule has 2 aliphatic rings. The standard InChI is InChI=1S/C18H34N4OS/c1-14(2)15-12-22(10-11-24-15)17(19-3)20-13-18(8-6-7-9-18)16(23)21(4)5/h14-15H,6-13H2,1-5H3,(H,19,20). The number of rotatable bonds is 4. The third kappa shape index (κ3) is 4.38. The minimum Gasteiger partial charge on any atom is -0.355 e. The molecule has 1 unspecified atom stereocenters. The molecule has 1 heterocycles. The van der Waals surface area contributed by atoms with Gasteiger partial charge in [-0.05, 0) is 18.8 Å². The first-order valence-corrected chi connectivity index (χ1v) is 10.2. The minimum absolute atomic E-state index is 0.249. The largest absolute Gasteiger partial charge is 0.355 e. The van der Waals surface area contributed by atoms with Crippen molar-refractivity contribution in [3.8, 4) is 0 Å². The maximum Gasteiger partial charge on any atom is 0.230 e. The fourth-order valence-corrected chi connectivity index (χ4v) is 5.14. The molecule has 1 atom stereocenters. The van der Waals surface area contributed by atoms with Gasteiger partial charge in [0.15, 0.2) is 5.96 Å². The van der Waals surface area contributed by atoms with Crippen molar-refractivity contribution in [3.05, 3.63) is 0 Å². The van der Waals surface area contributed by atoms with Gasteiger partial charge in [-0.2, -0.15) is 11.8 Å². The summed E-state index contributed by atoms with van der Waals surface area (Å²) in [5, 5.41) is 4.19. The van der Waals surface area contributed by atoms with Crippen LogP contribution in [0, 0.1) is 11.3 Å². The average Bonchev–Trinajstić information content (AvgIpc) is 3.05. The van der Waals surface area contributed by atoms with Crippen molar-refractivity contribution in [3.63, 3.8) is 0 Å². The quantitative estimate of drug-likeness (QED) is 0.622. The van der Waals surface area contributed by atoms with E-state index in [1.54, 1.807) is 4.90 Å². The van der Waals surface area contributed by atoms with Gasteiger partial charge < -0.3 is 15.1 Å². The molecule has 5 nitrogen and oxygen atoms in total. The first-order valence-electron chi connectivity index (χ1n) is 9.18. The van der Waals surface area contributed by atoms with E-state index in [1.165, 1.54) is 0 Å². The number of carbonyl (C=O) groups excluding carboxylic acids is 1. The molecule has 2 rings (SSSR count). The van der Waals surface area contributed by atoms with Crippen LogP contribution in [0.2, 0.25) is 0 Å². The second-order valence-electron chi connectivity index (χ2n) is 7.69. The van der Waals surface area contributed by atoms with Crippen LogP contribution in [0.4, 0.5) is 0 Å². The molecule has 1 saturated heterocycles. The normalized spacial score (nSPS) is 24.3. The van der Waals surface area contributed by atoms with Gasteiger partial charge in [-0.15, -0.1) is 0 Å². The fourth-order valence-electron chi connectivity index (χ4n) is 3.84. The van der Waals surface area contributed by atoms with Gasteiger partial charge in [0.25, 0.3) is 0 Å². The van der Waals surface area contributed by atoms with E-state index in [2.05, 4.69) is 40.8 Å². The van der Waals surface area contributed by atoms with E-state index in [9.17, 15) is 4.79 Å². The second-order valence-corrected chi connectivity index (χ2v) is 9.03. The van der Waals surface area contributed by atoms with Crippen molar-refractivity contribution < 1.29 is 4.79 Å². The monoisotopic (exact) mass is 354 g/mol. The molecule has 2 fully saturated rings. The summed E-state index contributed by atoms with van der Waals surface area (Å²) < 4.78 is 0. The summed E-state index contributed by atoms with van der Waals surface area (Å²) in [5.41, 5.74) is -0.249. The van der Waals surface area contributed by atoms with Crippen LogP contribution in [-0.2, 0) is 4.79 Å². The minimum atomic E-state index is -0.249. The molecule has 0 radical (unpaired) electrons. The topological polar surface area (TPSA) is 47.9 Å². The summed E-state index contributed by atoms with van der Waals surface area (Å²) in [4.78, 5) is 21.3. The van der Waals surface area contributed by atoms with Crippen LogP contribution in [0.25, 0.3) is 0 Å². The molecule has 1 aliphatic heterocycles. The van der Waals surface area contributed by atoms with Gasteiger partial charge in [0.2, 0.25) is 5.91 Å². The first-order chi connectivity index (χ1) is 11.4. The summed E-state index contributed by atoms with van der Waals surface area (Å²) in [7, 11) is 5.59. The smallest absolute Gasteiger partial charge is 0.230 e. The number of hydrogen-bond donors (Lipinski definition) is 1. The highest BCUT2D eigenvalue weighted by Crippen LogP contribution is 2.39. The van der Waals surface area contributed by atoms with Gasteiger partial charge in [0, 0.05) is 51.8 Å². The zero-order valence-corrected chi connectivity index (χ0v) is 16.8. The molecule has 1 aliphatic carbocycles. The number of thioether (sulfide) groups is 1. The highest BCUT2D eigenvalue weighted by molar-refractivity contribution is 8.00. The number of amides is 1. The third-order valence-electron chi connectivity index (χ3n) is 5.35. The number of nitrogens with zero attached hydrogens (tertiary/aromatic N) is 3. The molecule has 0 bridgehead atoms. The van der Waals surface area contributed by atoms with E-state index >= 15 is 0 Å². The highest BCUT2D eigenvalue weighted by atomic mass is 32.2. The summed E-state index contributed by atoms with van der Waals surface area (Å²) in [6.45, 7) is 7.35. The Morgan fingerprint density at radius 2 is 2.04 bits per heavy atom. The van der Waals surface area contributed by atoms with Crippen LogP contribution in [0.1, 0.15) is 39.5 Å². The number of guanidine groups is 1. The van der Waals surface area contributed by atoms with Crippen LogP contribution >= 0.6 is 11.8 Å². The number of nitrogens with one attached hydrogen (secondary N) is 1. The van der Waals surface area contributed by atoms with E-state index in [-0.39, 0.29) is 11.3 Å². The molecular formula is C18H34N4OS. The lowest BCUT2D eigenvalue weighted by molar-refractivity contribution is -0.138. The van der Waals surface area contributed by atoms with Crippen molar-refractivity contribution in [2.24, 2.45) is 16.3 Å². The molecule has 0 aromatic carbocycles. The van der Waals surface area contributed by atoms with Crippen LogP contribution in [-0.4, -0.2) is 73.4 Å². The number of aliphatic imine (C=N–C) groups is 1. The van der Waals surface area contributed by atoms with E-state index in [4.69, 9.17) is 0 Å². The van der Waals surface area contributed by atoms with E-state index < -0.39 is 0 Å². The van der Waals surface area contributed by atoms with Gasteiger partial charge >= 0.3 is 0 Å². The Balaban J connectivity index is 2.01. The summed E-state index contributed by atoms with van der Waals surface area (Å²) in [6.07, 6.45) is 4.27. The van der Waals surface area contributed by atoms with E-state index in [0.29, 0.717) is 17.7 Å². The van der Waals surface area contributed by atoms with Crippen LogP contribution in [0.3, 0.4) is 0 Å². The lowest BCUT2D eigenvalue weighted by atomic mass is 9.84. The van der Waals surface area contributed by atoms with Gasteiger partial charge in [0.1, 0.15) is 0 Å². The molecule has 1 N–H and O–H groups in total. The molecule has 0 spiro atoms. The van der Waals surface area contributed by atoms with Gasteiger partial charge in [0.05, 0.1) is 5.41 Å². The summed E-state index contributed by atoms with van der Waals surface area (Å²) >= 11 is 2.07. The third-order valence-corrected chi connectivity index (χ3v) is 6.89. The molecule has 138 valence electrons. The lowest BCUT2D eigenvalue weighted by Crippen LogP contribution is -2.53. The number of hydrogen-bond acceptors (Lipinski definition) is 3. The zero-order valence-electron chi connectivity index (χ0n) is 16.0. The van der Waals surface area contributed by atoms with E-state index in [0.717, 1.165) is 50.5 Å². The van der Waals surface area contributed by atoms with Gasteiger partial charge in [-0.1, -0.05) is 26.7 Å². The molecule has 24 heavy (non-hydrogen) atoms. The Bertz CT molecular complexity index is 458. The molecule has 0 aromatic rings. The number of carbonyl (C=O) groups is 1. The Kier molecular flexibility index (Phi) is 6.84. The molecular weight excluding hydrogens is 320 g/mol. The van der Waals surface area contributed by atoms with Gasteiger partial charge in [-0.25, -0.2) is 0 Å². The maximum atomic E-state index is 12.7. The Hall–Kier alpha value is -0.910. The molecule has 1 saturated carbocycles. The fraction of sp³-hybridized carbons (Fsp3) is 0.889. The van der Waals surface area contributed by atoms with Crippen molar-refractivity contribution in [2.75, 3.05) is 46.5 Å². The average molecular weight is 355 g/mol. The zero-order chi connectivity index (χ0) is 17.7. The summed E-state index contributed by atoms with van der Waals surface area (Å²) in [5.74, 6) is 3.04. The van der Waals surface area contributed by atoms with Crippen molar-refractivity contribution in [1.82, 2.24) is 15.1 Å². The second kappa shape index (κ2) is 8.45. The van der Waals surface area contributed by atoms with Crippen molar-refractivity contribution in [1.29, 1.82) is 0 Å². The SMILES string of the molecule is CN=C(NCC1(C(=O)N(C)C)CCCC1)N1CCSC(C(C)C)C1. The highest BCUT2D eigenvalue weighted by Gasteiger charge is 2.42. The predicted molar refractivity (Wildman–Crippen MR) is 104 cm³/mol. The van der Waals surface area contributed by atoms with Crippen LogP contribution in [0.15, 0.2) is 4.99 Å². The summed E-state index contributed by atoms with van der Waals surface area (Å²) in [6, 6.07) is 0. The Morgan fingerprint density at radius 3 is 2.58 bits per heavy atom. The van der Waals surface area contributed by atoms with Crippen molar-refractivity contribution in [2.45, 2.75) is 44.8 Å². The molecule has 0 aromatic heterocycles. The molecule has 1 amide bonds. The predicted octanol–water partition coefficient (Wildman–Crippen LogP) is 2.28. The first kappa shape index (κ1) is 19.4. The van der Waals surface area contributed by atoms with E-state index in [1.807, 2.05) is 21.1 Å². The lowest BCUT2D eigenvalue weighted by Gasteiger charge is -2.38.